The van der Waals surface area contributed by atoms with Gasteiger partial charge < -0.3 is 10.4 Å². The van der Waals surface area contributed by atoms with Crippen molar-refractivity contribution in [2.45, 2.75) is 31.4 Å². The summed E-state index contributed by atoms with van der Waals surface area (Å²) >= 11 is 0. The van der Waals surface area contributed by atoms with Gasteiger partial charge in [0.25, 0.3) is 0 Å². The second-order valence-corrected chi connectivity index (χ2v) is 4.96. The topological polar surface area (TPSA) is 45.2 Å². The zero-order valence-corrected chi connectivity index (χ0v) is 10.3. The van der Waals surface area contributed by atoms with Crippen LogP contribution >= 0.6 is 0 Å². The molecule has 0 bridgehead atoms. The quantitative estimate of drug-likeness (QED) is 0.850. The van der Waals surface area contributed by atoms with E-state index in [1.54, 1.807) is 6.20 Å². The summed E-state index contributed by atoms with van der Waals surface area (Å²) in [5.74, 6) is 0. The lowest BCUT2D eigenvalue weighted by Gasteiger charge is -2.28. The third-order valence-electron chi connectivity index (χ3n) is 3.70. The van der Waals surface area contributed by atoms with Gasteiger partial charge in [0.2, 0.25) is 0 Å². The zero-order chi connectivity index (χ0) is 12.4. The van der Waals surface area contributed by atoms with Crippen LogP contribution in [-0.4, -0.2) is 22.7 Å². The standard InChI is InChI=1S/C15H18N2O/c18-15(13-5-1-2-8-16-13)12-7-6-11-4-3-9-17-14(11)10-12/h3-4,6-7,9-10,13,15-16,18H,1-2,5,8H2/t13-,15-/m0/s1. The monoisotopic (exact) mass is 242 g/mol. The van der Waals surface area contributed by atoms with Crippen molar-refractivity contribution in [2.75, 3.05) is 6.54 Å². The molecule has 1 aliphatic rings. The van der Waals surface area contributed by atoms with Crippen molar-refractivity contribution in [2.24, 2.45) is 0 Å². The number of benzene rings is 1. The van der Waals surface area contributed by atoms with E-state index in [2.05, 4.69) is 10.3 Å². The molecule has 1 aromatic heterocycles. The Morgan fingerprint density at radius 3 is 3.06 bits per heavy atom. The molecule has 1 aromatic carbocycles. The van der Waals surface area contributed by atoms with Crippen LogP contribution in [0.15, 0.2) is 36.5 Å². The summed E-state index contributed by atoms with van der Waals surface area (Å²) in [7, 11) is 0. The van der Waals surface area contributed by atoms with E-state index in [1.165, 1.54) is 12.8 Å². The number of aliphatic hydroxyl groups is 1. The van der Waals surface area contributed by atoms with Crippen molar-refractivity contribution in [1.29, 1.82) is 0 Å². The van der Waals surface area contributed by atoms with Gasteiger partial charge in [0.15, 0.2) is 0 Å². The van der Waals surface area contributed by atoms with Crippen LogP contribution in [-0.2, 0) is 0 Å². The first-order valence-corrected chi connectivity index (χ1v) is 6.61. The molecule has 1 aliphatic heterocycles. The highest BCUT2D eigenvalue weighted by Gasteiger charge is 2.22. The normalized spacial score (nSPS) is 21.9. The first-order valence-electron chi connectivity index (χ1n) is 6.61. The summed E-state index contributed by atoms with van der Waals surface area (Å²) in [6.07, 6.45) is 4.80. The summed E-state index contributed by atoms with van der Waals surface area (Å²) in [6, 6.07) is 10.2. The molecule has 0 unspecified atom stereocenters. The zero-order valence-electron chi connectivity index (χ0n) is 10.3. The van der Waals surface area contributed by atoms with E-state index in [1.807, 2.05) is 30.3 Å². The molecule has 18 heavy (non-hydrogen) atoms. The Hall–Kier alpha value is -1.45. The van der Waals surface area contributed by atoms with Crippen LogP contribution in [0.1, 0.15) is 30.9 Å². The third kappa shape index (κ3) is 2.24. The van der Waals surface area contributed by atoms with Crippen LogP contribution in [0, 0.1) is 0 Å². The summed E-state index contributed by atoms with van der Waals surface area (Å²) in [4.78, 5) is 4.34. The molecule has 0 aliphatic carbocycles. The minimum Gasteiger partial charge on any atom is -0.387 e. The van der Waals surface area contributed by atoms with Gasteiger partial charge in [-0.15, -0.1) is 0 Å². The molecule has 0 spiro atoms. The molecule has 1 saturated heterocycles. The highest BCUT2D eigenvalue weighted by atomic mass is 16.3. The maximum atomic E-state index is 10.4. The molecule has 1 fully saturated rings. The number of hydrogen-bond acceptors (Lipinski definition) is 3. The second kappa shape index (κ2) is 5.04. The molecular weight excluding hydrogens is 224 g/mol. The summed E-state index contributed by atoms with van der Waals surface area (Å²) in [5.41, 5.74) is 1.91. The van der Waals surface area contributed by atoms with E-state index in [4.69, 9.17) is 0 Å². The Morgan fingerprint density at radius 1 is 1.28 bits per heavy atom. The van der Waals surface area contributed by atoms with E-state index in [-0.39, 0.29) is 6.04 Å². The Labute approximate surface area is 107 Å². The predicted molar refractivity (Wildman–Crippen MR) is 72.3 cm³/mol. The molecule has 94 valence electrons. The number of pyridine rings is 1. The SMILES string of the molecule is O[C@@H](c1ccc2cccnc2c1)[C@@H]1CCCCN1. The van der Waals surface area contributed by atoms with Crippen molar-refractivity contribution in [3.8, 4) is 0 Å². The predicted octanol–water partition coefficient (Wildman–Crippen LogP) is 2.41. The van der Waals surface area contributed by atoms with Gasteiger partial charge in [-0.25, -0.2) is 0 Å². The first-order chi connectivity index (χ1) is 8.84. The van der Waals surface area contributed by atoms with E-state index in [0.717, 1.165) is 29.4 Å². The molecule has 0 saturated carbocycles. The fraction of sp³-hybridized carbons (Fsp3) is 0.400. The summed E-state index contributed by atoms with van der Waals surface area (Å²) in [6.45, 7) is 1.01. The van der Waals surface area contributed by atoms with Gasteiger partial charge in [0.1, 0.15) is 0 Å². The Kier molecular flexibility index (Phi) is 3.26. The number of fused-ring (bicyclic) bond motifs is 1. The molecule has 3 nitrogen and oxygen atoms in total. The van der Waals surface area contributed by atoms with Crippen LogP contribution in [0.4, 0.5) is 0 Å². The molecule has 0 amide bonds. The lowest BCUT2D eigenvalue weighted by atomic mass is 9.94. The third-order valence-corrected chi connectivity index (χ3v) is 3.70. The number of nitrogens with zero attached hydrogens (tertiary/aromatic N) is 1. The molecule has 2 atom stereocenters. The van der Waals surface area contributed by atoms with Gasteiger partial charge in [0.05, 0.1) is 11.6 Å². The Bertz CT molecular complexity index is 535. The smallest absolute Gasteiger partial charge is 0.0943 e. The van der Waals surface area contributed by atoms with Crippen molar-refractivity contribution >= 4 is 10.9 Å². The van der Waals surface area contributed by atoms with Crippen LogP contribution in [0.3, 0.4) is 0 Å². The fourth-order valence-corrected chi connectivity index (χ4v) is 2.65. The second-order valence-electron chi connectivity index (χ2n) is 4.96. The van der Waals surface area contributed by atoms with Crippen LogP contribution in [0.2, 0.25) is 0 Å². The molecule has 3 heteroatoms. The van der Waals surface area contributed by atoms with Crippen molar-refractivity contribution in [3.05, 3.63) is 42.1 Å². The van der Waals surface area contributed by atoms with Crippen molar-refractivity contribution < 1.29 is 5.11 Å². The number of aromatic nitrogens is 1. The van der Waals surface area contributed by atoms with Crippen molar-refractivity contribution in [1.82, 2.24) is 10.3 Å². The number of aliphatic hydroxyl groups excluding tert-OH is 1. The van der Waals surface area contributed by atoms with E-state index in [9.17, 15) is 5.11 Å². The molecule has 2 N–H and O–H groups in total. The number of piperidine rings is 1. The lowest BCUT2D eigenvalue weighted by molar-refractivity contribution is 0.114. The largest absolute Gasteiger partial charge is 0.387 e. The summed E-state index contributed by atoms with van der Waals surface area (Å²) in [5, 5.41) is 14.9. The van der Waals surface area contributed by atoms with Crippen LogP contribution in [0.5, 0.6) is 0 Å². The molecular formula is C15H18N2O. The lowest BCUT2D eigenvalue weighted by Crippen LogP contribution is -2.38. The Morgan fingerprint density at radius 2 is 2.22 bits per heavy atom. The van der Waals surface area contributed by atoms with Gasteiger partial charge in [0, 0.05) is 17.6 Å². The van der Waals surface area contributed by atoms with Crippen LogP contribution in [0.25, 0.3) is 10.9 Å². The average Bonchev–Trinajstić information content (AvgIpc) is 2.47. The number of hydrogen-bond donors (Lipinski definition) is 2. The van der Waals surface area contributed by atoms with Gasteiger partial charge in [-0.05, 0) is 37.1 Å². The Balaban J connectivity index is 1.88. The maximum Gasteiger partial charge on any atom is 0.0943 e. The van der Waals surface area contributed by atoms with E-state index >= 15 is 0 Å². The summed E-state index contributed by atoms with van der Waals surface area (Å²) < 4.78 is 0. The van der Waals surface area contributed by atoms with Crippen LogP contribution < -0.4 is 5.32 Å². The molecule has 0 radical (unpaired) electrons. The van der Waals surface area contributed by atoms with Gasteiger partial charge in [-0.2, -0.15) is 0 Å². The molecule has 2 heterocycles. The van der Waals surface area contributed by atoms with E-state index < -0.39 is 6.10 Å². The van der Waals surface area contributed by atoms with Gasteiger partial charge >= 0.3 is 0 Å². The highest BCUT2D eigenvalue weighted by Crippen LogP contribution is 2.25. The maximum absolute atomic E-state index is 10.4. The number of nitrogens with one attached hydrogen (secondary N) is 1. The molecule has 3 rings (SSSR count). The first kappa shape index (κ1) is 11.6. The van der Waals surface area contributed by atoms with Gasteiger partial charge in [-0.3, -0.25) is 4.98 Å². The molecule has 2 aromatic rings. The average molecular weight is 242 g/mol. The van der Waals surface area contributed by atoms with Gasteiger partial charge in [-0.1, -0.05) is 24.6 Å². The minimum atomic E-state index is -0.434. The van der Waals surface area contributed by atoms with Crippen molar-refractivity contribution in [3.63, 3.8) is 0 Å². The highest BCUT2D eigenvalue weighted by molar-refractivity contribution is 5.78. The minimum absolute atomic E-state index is 0.180. The number of rotatable bonds is 2. The van der Waals surface area contributed by atoms with E-state index in [0.29, 0.717) is 0 Å². The fourth-order valence-electron chi connectivity index (χ4n) is 2.65.